The van der Waals surface area contributed by atoms with Crippen LogP contribution >= 0.6 is 0 Å². The quantitative estimate of drug-likeness (QED) is 0.678. The highest BCUT2D eigenvalue weighted by Gasteiger charge is 2.75. The first kappa shape index (κ1) is 13.0. The topological polar surface area (TPSA) is 29.5 Å². The van der Waals surface area contributed by atoms with Gasteiger partial charge in [0.05, 0.1) is 6.61 Å². The summed E-state index contributed by atoms with van der Waals surface area (Å²) in [5, 5.41) is 9.18. The molecular weight excluding hydrogens is 247 g/mol. The van der Waals surface area contributed by atoms with Crippen LogP contribution in [0.3, 0.4) is 0 Å². The molecule has 17 heavy (non-hydrogen) atoms. The second-order valence-corrected chi connectivity index (χ2v) is 4.73. The van der Waals surface area contributed by atoms with E-state index < -0.39 is 36.3 Å². The van der Waals surface area contributed by atoms with Gasteiger partial charge in [-0.1, -0.05) is 12.8 Å². The number of hydrogen-bond acceptors (Lipinski definition) is 2. The molecule has 2 rings (SSSR count). The first-order valence-corrected chi connectivity index (χ1v) is 5.51. The molecule has 0 radical (unpaired) electrons. The lowest BCUT2D eigenvalue weighted by atomic mass is 9.72. The van der Waals surface area contributed by atoms with Gasteiger partial charge in [-0.25, -0.2) is 0 Å². The zero-order valence-electron chi connectivity index (χ0n) is 8.94. The van der Waals surface area contributed by atoms with Gasteiger partial charge < -0.3 is 9.84 Å². The van der Waals surface area contributed by atoms with Crippen molar-refractivity contribution in [2.75, 3.05) is 6.61 Å². The highest BCUT2D eigenvalue weighted by molar-refractivity contribution is 5.02. The summed E-state index contributed by atoms with van der Waals surface area (Å²) in [5.74, 6) is -10.7. The third-order valence-corrected chi connectivity index (χ3v) is 3.72. The molecular formula is C10H13F5O2. The predicted molar refractivity (Wildman–Crippen MR) is 47.4 cm³/mol. The van der Waals surface area contributed by atoms with Crippen LogP contribution in [0.4, 0.5) is 22.0 Å². The fraction of sp³-hybridized carbons (Fsp3) is 1.00. The van der Waals surface area contributed by atoms with Crippen molar-refractivity contribution < 1.29 is 31.8 Å². The molecule has 1 aliphatic heterocycles. The SMILES string of the molecule is OC1(C(F)(F)F)OCC2CCCCC2C1(F)F. The molecule has 0 aromatic heterocycles. The molecule has 0 bridgehead atoms. The molecule has 2 nitrogen and oxygen atoms in total. The Labute approximate surface area is 94.7 Å². The smallest absolute Gasteiger partial charge is 0.354 e. The molecule has 1 N–H and O–H groups in total. The van der Waals surface area contributed by atoms with Crippen LogP contribution in [0, 0.1) is 11.8 Å². The third kappa shape index (κ3) is 1.74. The fourth-order valence-electron chi connectivity index (χ4n) is 2.73. The predicted octanol–water partition coefficient (Wildman–Crippen LogP) is 2.71. The van der Waals surface area contributed by atoms with E-state index in [1.807, 2.05) is 0 Å². The molecule has 100 valence electrons. The van der Waals surface area contributed by atoms with E-state index in [0.29, 0.717) is 19.3 Å². The minimum Gasteiger partial charge on any atom is -0.354 e. The molecule has 0 amide bonds. The summed E-state index contributed by atoms with van der Waals surface area (Å²) >= 11 is 0. The Morgan fingerprint density at radius 2 is 1.71 bits per heavy atom. The Kier molecular flexibility index (Phi) is 2.89. The molecule has 0 aromatic rings. The van der Waals surface area contributed by atoms with Crippen molar-refractivity contribution >= 4 is 0 Å². The lowest BCUT2D eigenvalue weighted by Gasteiger charge is -2.49. The van der Waals surface area contributed by atoms with Crippen molar-refractivity contribution in [3.8, 4) is 0 Å². The standard InChI is InChI=1S/C10H13F5O2/c11-8(12)7-4-2-1-3-6(7)5-17-9(8,16)10(13,14)15/h6-7,16H,1-5H2. The molecule has 2 fully saturated rings. The summed E-state index contributed by atoms with van der Waals surface area (Å²) in [6.07, 6.45) is -3.89. The van der Waals surface area contributed by atoms with E-state index in [4.69, 9.17) is 0 Å². The van der Waals surface area contributed by atoms with Crippen LogP contribution in [-0.4, -0.2) is 29.6 Å². The number of aliphatic hydroxyl groups is 1. The van der Waals surface area contributed by atoms with Crippen LogP contribution in [0.5, 0.6) is 0 Å². The summed E-state index contributed by atoms with van der Waals surface area (Å²) in [4.78, 5) is 0. The molecule has 7 heteroatoms. The zero-order chi connectivity index (χ0) is 12.9. The number of hydrogen-bond donors (Lipinski definition) is 1. The zero-order valence-corrected chi connectivity index (χ0v) is 8.94. The van der Waals surface area contributed by atoms with Crippen molar-refractivity contribution in [2.45, 2.75) is 43.6 Å². The third-order valence-electron chi connectivity index (χ3n) is 3.72. The summed E-state index contributed by atoms with van der Waals surface area (Å²) in [5.41, 5.74) is 0. The average Bonchev–Trinajstić information content (AvgIpc) is 2.23. The van der Waals surface area contributed by atoms with E-state index in [-0.39, 0.29) is 6.42 Å². The van der Waals surface area contributed by atoms with Gasteiger partial charge in [0.1, 0.15) is 0 Å². The van der Waals surface area contributed by atoms with Crippen molar-refractivity contribution in [3.63, 3.8) is 0 Å². The number of alkyl halides is 5. The number of rotatable bonds is 0. The van der Waals surface area contributed by atoms with E-state index in [1.165, 1.54) is 0 Å². The summed E-state index contributed by atoms with van der Waals surface area (Å²) in [6.45, 7) is -0.462. The summed E-state index contributed by atoms with van der Waals surface area (Å²) in [6, 6.07) is 0. The lowest BCUT2D eigenvalue weighted by molar-refractivity contribution is -0.461. The van der Waals surface area contributed by atoms with Crippen LogP contribution in [0.15, 0.2) is 0 Å². The number of halogens is 5. The average molecular weight is 260 g/mol. The maximum atomic E-state index is 13.8. The van der Waals surface area contributed by atoms with Crippen LogP contribution < -0.4 is 0 Å². The minimum atomic E-state index is -5.49. The molecule has 2 aliphatic rings. The largest absolute Gasteiger partial charge is 0.449 e. The highest BCUT2D eigenvalue weighted by Crippen LogP contribution is 2.55. The van der Waals surface area contributed by atoms with E-state index in [2.05, 4.69) is 4.74 Å². The molecule has 1 saturated carbocycles. The Bertz CT molecular complexity index is 304. The Morgan fingerprint density at radius 1 is 1.12 bits per heavy atom. The molecule has 1 saturated heterocycles. The van der Waals surface area contributed by atoms with Gasteiger partial charge in [0.2, 0.25) is 0 Å². The first-order chi connectivity index (χ1) is 7.70. The Morgan fingerprint density at radius 3 is 2.29 bits per heavy atom. The van der Waals surface area contributed by atoms with Crippen LogP contribution in [0.1, 0.15) is 25.7 Å². The highest BCUT2D eigenvalue weighted by atomic mass is 19.4. The van der Waals surface area contributed by atoms with Gasteiger partial charge in [0.15, 0.2) is 0 Å². The molecule has 0 aromatic carbocycles. The number of ether oxygens (including phenoxy) is 1. The lowest BCUT2D eigenvalue weighted by Crippen LogP contribution is -2.68. The van der Waals surface area contributed by atoms with Gasteiger partial charge in [0.25, 0.3) is 0 Å². The van der Waals surface area contributed by atoms with Gasteiger partial charge in [-0.15, -0.1) is 0 Å². The van der Waals surface area contributed by atoms with Crippen molar-refractivity contribution in [1.82, 2.24) is 0 Å². The maximum Gasteiger partial charge on any atom is 0.449 e. The molecule has 0 spiro atoms. The van der Waals surface area contributed by atoms with E-state index in [9.17, 15) is 27.1 Å². The Hall–Kier alpha value is -0.430. The van der Waals surface area contributed by atoms with Crippen molar-refractivity contribution in [3.05, 3.63) is 0 Å². The normalized spacial score (nSPS) is 42.0. The van der Waals surface area contributed by atoms with E-state index in [0.717, 1.165) is 0 Å². The van der Waals surface area contributed by atoms with E-state index in [1.54, 1.807) is 0 Å². The minimum absolute atomic E-state index is 0.000579. The molecule has 1 aliphatic carbocycles. The second-order valence-electron chi connectivity index (χ2n) is 4.73. The first-order valence-electron chi connectivity index (χ1n) is 5.51. The van der Waals surface area contributed by atoms with Gasteiger partial charge in [-0.3, -0.25) is 0 Å². The maximum absolute atomic E-state index is 13.8. The van der Waals surface area contributed by atoms with Gasteiger partial charge >= 0.3 is 17.9 Å². The number of fused-ring (bicyclic) bond motifs is 1. The van der Waals surface area contributed by atoms with Gasteiger partial charge in [-0.05, 0) is 18.8 Å². The fourth-order valence-corrected chi connectivity index (χ4v) is 2.73. The Balaban J connectivity index is 2.33. The monoisotopic (exact) mass is 260 g/mol. The molecule has 1 heterocycles. The van der Waals surface area contributed by atoms with Crippen molar-refractivity contribution in [2.24, 2.45) is 11.8 Å². The summed E-state index contributed by atoms with van der Waals surface area (Å²) in [7, 11) is 0. The van der Waals surface area contributed by atoms with Crippen LogP contribution in [-0.2, 0) is 4.74 Å². The van der Waals surface area contributed by atoms with E-state index >= 15 is 0 Å². The van der Waals surface area contributed by atoms with Gasteiger partial charge in [-0.2, -0.15) is 22.0 Å². The van der Waals surface area contributed by atoms with Crippen LogP contribution in [0.25, 0.3) is 0 Å². The molecule has 3 unspecified atom stereocenters. The second kappa shape index (κ2) is 3.78. The molecule has 3 atom stereocenters. The summed E-state index contributed by atoms with van der Waals surface area (Å²) < 4.78 is 69.2. The van der Waals surface area contributed by atoms with Crippen molar-refractivity contribution in [1.29, 1.82) is 0 Å². The van der Waals surface area contributed by atoms with Gasteiger partial charge in [0, 0.05) is 5.92 Å². The van der Waals surface area contributed by atoms with Crippen LogP contribution in [0.2, 0.25) is 0 Å².